The van der Waals surface area contributed by atoms with Crippen LogP contribution in [0.15, 0.2) is 18.2 Å². The monoisotopic (exact) mass is 343 g/mol. The van der Waals surface area contributed by atoms with Crippen molar-refractivity contribution in [3.05, 3.63) is 23.8 Å². The van der Waals surface area contributed by atoms with E-state index in [1.54, 1.807) is 20.8 Å². The van der Waals surface area contributed by atoms with Crippen molar-refractivity contribution in [1.82, 2.24) is 4.90 Å². The average Bonchev–Trinajstić information content (AvgIpc) is 2.39. The third-order valence-corrected chi connectivity index (χ3v) is 3.13. The molecule has 1 fully saturated rings. The highest BCUT2D eigenvalue weighted by Gasteiger charge is 2.35. The topological polar surface area (TPSA) is 65.1 Å². The van der Waals surface area contributed by atoms with Crippen LogP contribution in [0.1, 0.15) is 31.1 Å². The van der Waals surface area contributed by atoms with Crippen molar-refractivity contribution in [3.8, 4) is 11.5 Å². The van der Waals surface area contributed by atoms with Crippen molar-refractivity contribution in [2.45, 2.75) is 39.1 Å². The first-order valence-electron chi connectivity index (χ1n) is 7.36. The zero-order chi connectivity index (χ0) is 17.9. The van der Waals surface area contributed by atoms with Crippen molar-refractivity contribution in [2.24, 2.45) is 0 Å². The highest BCUT2D eigenvalue weighted by atomic mass is 19.3. The number of nitrogens with zero attached hydrogens (tertiary/aromatic N) is 1. The number of aldehydes is 1. The molecular formula is C16H19F2NO5. The SMILES string of the molecule is CC(C)(C)OC(=O)N1CC(Oc2ccc(C=O)c(OC(F)F)c2)C1. The highest BCUT2D eigenvalue weighted by Crippen LogP contribution is 2.27. The van der Waals surface area contributed by atoms with Gasteiger partial charge >= 0.3 is 12.7 Å². The van der Waals surface area contributed by atoms with E-state index < -0.39 is 18.3 Å². The average molecular weight is 343 g/mol. The molecule has 0 unspecified atom stereocenters. The minimum atomic E-state index is -3.04. The van der Waals surface area contributed by atoms with Gasteiger partial charge in [0.05, 0.1) is 18.7 Å². The van der Waals surface area contributed by atoms with Gasteiger partial charge in [0.2, 0.25) is 0 Å². The molecule has 132 valence electrons. The lowest BCUT2D eigenvalue weighted by Gasteiger charge is -2.39. The fourth-order valence-electron chi connectivity index (χ4n) is 2.06. The lowest BCUT2D eigenvalue weighted by Crippen LogP contribution is -2.57. The molecule has 0 N–H and O–H groups in total. The van der Waals surface area contributed by atoms with Crippen molar-refractivity contribution in [3.63, 3.8) is 0 Å². The largest absolute Gasteiger partial charge is 0.487 e. The number of halogens is 2. The van der Waals surface area contributed by atoms with Crippen molar-refractivity contribution >= 4 is 12.4 Å². The second-order valence-electron chi connectivity index (χ2n) is 6.32. The summed E-state index contributed by atoms with van der Waals surface area (Å²) in [5.41, 5.74) is -0.568. The standard InChI is InChI=1S/C16H19F2NO5/c1-16(2,3)24-15(21)19-7-12(8-19)22-11-5-4-10(9-20)13(6-11)23-14(17)18/h4-6,9,12,14H,7-8H2,1-3H3. The van der Waals surface area contributed by atoms with E-state index in [1.807, 2.05) is 0 Å². The second kappa shape index (κ2) is 7.02. The summed E-state index contributed by atoms with van der Waals surface area (Å²) in [6.07, 6.45) is -0.283. The van der Waals surface area contributed by atoms with Crippen LogP contribution in [-0.4, -0.2) is 48.7 Å². The predicted octanol–water partition coefficient (Wildman–Crippen LogP) is 3.10. The number of rotatable bonds is 5. The number of likely N-dealkylation sites (tertiary alicyclic amines) is 1. The molecule has 1 saturated heterocycles. The van der Waals surface area contributed by atoms with Crippen LogP contribution in [0, 0.1) is 0 Å². The van der Waals surface area contributed by atoms with Gasteiger partial charge in [0.1, 0.15) is 23.2 Å². The van der Waals surface area contributed by atoms with Crippen LogP contribution < -0.4 is 9.47 Å². The number of hydrogen-bond donors (Lipinski definition) is 0. The van der Waals surface area contributed by atoms with Gasteiger partial charge in [-0.15, -0.1) is 0 Å². The van der Waals surface area contributed by atoms with Gasteiger partial charge in [-0.1, -0.05) is 0 Å². The zero-order valence-corrected chi connectivity index (χ0v) is 13.6. The predicted molar refractivity (Wildman–Crippen MR) is 80.7 cm³/mol. The van der Waals surface area contributed by atoms with Gasteiger partial charge in [-0.25, -0.2) is 4.79 Å². The lowest BCUT2D eigenvalue weighted by atomic mass is 10.1. The Hall–Kier alpha value is -2.38. The molecule has 1 aromatic carbocycles. The van der Waals surface area contributed by atoms with E-state index in [0.717, 1.165) is 0 Å². The normalized spacial score (nSPS) is 15.0. The fraction of sp³-hybridized carbons (Fsp3) is 0.500. The van der Waals surface area contributed by atoms with Crippen LogP contribution in [0.5, 0.6) is 11.5 Å². The van der Waals surface area contributed by atoms with Gasteiger partial charge in [-0.05, 0) is 32.9 Å². The summed E-state index contributed by atoms with van der Waals surface area (Å²) in [7, 11) is 0. The van der Waals surface area contributed by atoms with Crippen LogP contribution >= 0.6 is 0 Å². The van der Waals surface area contributed by atoms with Crippen LogP contribution in [0.4, 0.5) is 13.6 Å². The molecule has 0 spiro atoms. The number of carbonyl (C=O) groups excluding carboxylic acids is 2. The minimum absolute atomic E-state index is 0.00615. The molecule has 1 heterocycles. The molecule has 8 heteroatoms. The molecule has 0 radical (unpaired) electrons. The Kier molecular flexibility index (Phi) is 5.26. The Morgan fingerprint density at radius 2 is 2.00 bits per heavy atom. The van der Waals surface area contributed by atoms with E-state index in [1.165, 1.54) is 23.1 Å². The number of amides is 1. The van der Waals surface area contributed by atoms with Crippen LogP contribution in [0.2, 0.25) is 0 Å². The third kappa shape index (κ3) is 4.81. The molecule has 0 aromatic heterocycles. The Morgan fingerprint density at radius 1 is 1.33 bits per heavy atom. The smallest absolute Gasteiger partial charge is 0.410 e. The molecule has 0 bridgehead atoms. The molecule has 0 aliphatic carbocycles. The van der Waals surface area contributed by atoms with Crippen LogP contribution in [-0.2, 0) is 4.74 Å². The fourth-order valence-corrected chi connectivity index (χ4v) is 2.06. The quantitative estimate of drug-likeness (QED) is 0.769. The van der Waals surface area contributed by atoms with E-state index >= 15 is 0 Å². The number of benzene rings is 1. The van der Waals surface area contributed by atoms with E-state index in [-0.39, 0.29) is 23.2 Å². The lowest BCUT2D eigenvalue weighted by molar-refractivity contribution is -0.0505. The van der Waals surface area contributed by atoms with Gasteiger partial charge in [-0.3, -0.25) is 4.79 Å². The van der Waals surface area contributed by atoms with Gasteiger partial charge in [-0.2, -0.15) is 8.78 Å². The van der Waals surface area contributed by atoms with Crippen LogP contribution in [0.3, 0.4) is 0 Å². The first kappa shape index (κ1) is 18.0. The zero-order valence-electron chi connectivity index (χ0n) is 13.6. The highest BCUT2D eigenvalue weighted by molar-refractivity contribution is 5.79. The molecule has 1 aromatic rings. The van der Waals surface area contributed by atoms with Gasteiger partial charge in [0.25, 0.3) is 0 Å². The summed E-state index contributed by atoms with van der Waals surface area (Å²) < 4.78 is 39.8. The molecule has 24 heavy (non-hydrogen) atoms. The molecule has 0 saturated carbocycles. The second-order valence-corrected chi connectivity index (χ2v) is 6.32. The van der Waals surface area contributed by atoms with E-state index in [0.29, 0.717) is 19.4 Å². The molecule has 6 nitrogen and oxygen atoms in total. The van der Waals surface area contributed by atoms with Crippen molar-refractivity contribution < 1.29 is 32.6 Å². The Bertz CT molecular complexity index is 609. The number of carbonyl (C=O) groups is 2. The molecule has 0 atom stereocenters. The maximum absolute atomic E-state index is 12.3. The summed E-state index contributed by atoms with van der Waals surface area (Å²) in [6, 6.07) is 4.05. The number of hydrogen-bond acceptors (Lipinski definition) is 5. The van der Waals surface area contributed by atoms with Gasteiger partial charge in [0.15, 0.2) is 6.29 Å². The summed E-state index contributed by atoms with van der Waals surface area (Å²) in [4.78, 5) is 24.1. The summed E-state index contributed by atoms with van der Waals surface area (Å²) in [6.45, 7) is 2.95. The van der Waals surface area contributed by atoms with Crippen LogP contribution in [0.25, 0.3) is 0 Å². The van der Waals surface area contributed by atoms with E-state index in [9.17, 15) is 18.4 Å². The molecule has 1 amide bonds. The molecule has 1 aliphatic heterocycles. The first-order valence-corrected chi connectivity index (χ1v) is 7.36. The van der Waals surface area contributed by atoms with E-state index in [4.69, 9.17) is 9.47 Å². The van der Waals surface area contributed by atoms with Crippen molar-refractivity contribution in [2.75, 3.05) is 13.1 Å². The molecule has 1 aliphatic rings. The summed E-state index contributed by atoms with van der Waals surface area (Å²) in [5.74, 6) is 0.0333. The third-order valence-electron chi connectivity index (χ3n) is 3.13. The van der Waals surface area contributed by atoms with Gasteiger partial charge in [0, 0.05) is 6.07 Å². The first-order chi connectivity index (χ1) is 11.2. The van der Waals surface area contributed by atoms with Gasteiger partial charge < -0.3 is 19.1 Å². The Morgan fingerprint density at radius 3 is 2.54 bits per heavy atom. The maximum atomic E-state index is 12.3. The summed E-state index contributed by atoms with van der Waals surface area (Å²) >= 11 is 0. The van der Waals surface area contributed by atoms with Crippen molar-refractivity contribution in [1.29, 1.82) is 0 Å². The molecule has 2 rings (SSSR count). The summed E-state index contributed by atoms with van der Waals surface area (Å²) in [5, 5.41) is 0. The number of alkyl halides is 2. The number of ether oxygens (including phenoxy) is 3. The minimum Gasteiger partial charge on any atom is -0.487 e. The Labute approximate surface area is 138 Å². The Balaban J connectivity index is 1.92. The maximum Gasteiger partial charge on any atom is 0.410 e. The molecular weight excluding hydrogens is 324 g/mol. The van der Waals surface area contributed by atoms with E-state index in [2.05, 4.69) is 4.74 Å².